The van der Waals surface area contributed by atoms with E-state index in [1.54, 1.807) is 0 Å². The van der Waals surface area contributed by atoms with Crippen molar-refractivity contribution in [3.63, 3.8) is 0 Å². The summed E-state index contributed by atoms with van der Waals surface area (Å²) in [5.74, 6) is 0.355. The molecular formula is C10H23N3O3S. The van der Waals surface area contributed by atoms with Gasteiger partial charge in [-0.05, 0) is 12.3 Å². The van der Waals surface area contributed by atoms with Gasteiger partial charge in [-0.25, -0.2) is 0 Å². The lowest BCUT2D eigenvalue weighted by molar-refractivity contribution is 0.152. The Kier molecular flexibility index (Phi) is 5.81. The summed E-state index contributed by atoms with van der Waals surface area (Å²) in [5.41, 5.74) is 0. The Morgan fingerprint density at radius 2 is 1.94 bits per heavy atom. The van der Waals surface area contributed by atoms with E-state index in [0.29, 0.717) is 38.5 Å². The Labute approximate surface area is 104 Å². The van der Waals surface area contributed by atoms with Crippen LogP contribution < -0.4 is 10.0 Å². The predicted octanol–water partition coefficient (Wildman–Crippen LogP) is -0.867. The summed E-state index contributed by atoms with van der Waals surface area (Å²) < 4.78 is 27.6. The molecule has 0 aromatic carbocycles. The number of rotatable bonds is 6. The van der Waals surface area contributed by atoms with Crippen LogP contribution in [-0.2, 0) is 10.2 Å². The Morgan fingerprint density at radius 1 is 1.35 bits per heavy atom. The molecule has 0 saturated carbocycles. The van der Waals surface area contributed by atoms with Gasteiger partial charge in [0.1, 0.15) is 0 Å². The first kappa shape index (κ1) is 14.8. The molecule has 1 unspecified atom stereocenters. The highest BCUT2D eigenvalue weighted by Crippen LogP contribution is 2.05. The topological polar surface area (TPSA) is 81.7 Å². The van der Waals surface area contributed by atoms with Crippen LogP contribution in [-0.4, -0.2) is 56.7 Å². The third-order valence-electron chi connectivity index (χ3n) is 2.66. The van der Waals surface area contributed by atoms with E-state index in [-0.39, 0.29) is 6.54 Å². The molecule has 1 saturated heterocycles. The van der Waals surface area contributed by atoms with Crippen LogP contribution in [0.3, 0.4) is 0 Å². The zero-order chi connectivity index (χ0) is 12.9. The van der Waals surface area contributed by atoms with E-state index in [1.807, 2.05) is 13.8 Å². The standard InChI is InChI=1S/C10H23N3O3S/c1-9(2)7-10(14)8-12-17(15,16)13-5-3-11-4-6-13/h9-12,14H,3-8H2,1-2H3. The second kappa shape index (κ2) is 6.65. The minimum absolute atomic E-state index is 0.0877. The molecule has 3 N–H and O–H groups in total. The maximum Gasteiger partial charge on any atom is 0.279 e. The largest absolute Gasteiger partial charge is 0.392 e. The Balaban J connectivity index is 2.38. The highest BCUT2D eigenvalue weighted by molar-refractivity contribution is 7.87. The SMILES string of the molecule is CC(C)CC(O)CNS(=O)(=O)N1CCNCC1. The highest BCUT2D eigenvalue weighted by Gasteiger charge is 2.23. The zero-order valence-corrected chi connectivity index (χ0v) is 11.3. The summed E-state index contributed by atoms with van der Waals surface area (Å²) in [7, 11) is -3.43. The van der Waals surface area contributed by atoms with Gasteiger partial charge in [0.15, 0.2) is 0 Å². The number of nitrogens with zero attached hydrogens (tertiary/aromatic N) is 1. The van der Waals surface area contributed by atoms with Crippen molar-refractivity contribution < 1.29 is 13.5 Å². The van der Waals surface area contributed by atoms with Gasteiger partial charge in [0.2, 0.25) is 0 Å². The van der Waals surface area contributed by atoms with E-state index in [0.717, 1.165) is 0 Å². The lowest BCUT2D eigenvalue weighted by Gasteiger charge is -2.27. The molecule has 0 aromatic rings. The van der Waals surface area contributed by atoms with E-state index in [9.17, 15) is 13.5 Å². The normalized spacial score (nSPS) is 20.7. The number of hydrogen-bond acceptors (Lipinski definition) is 4. The van der Waals surface area contributed by atoms with Crippen LogP contribution in [0.25, 0.3) is 0 Å². The van der Waals surface area contributed by atoms with Crippen LogP contribution in [0, 0.1) is 5.92 Å². The van der Waals surface area contributed by atoms with E-state index < -0.39 is 16.3 Å². The molecule has 17 heavy (non-hydrogen) atoms. The van der Waals surface area contributed by atoms with Crippen molar-refractivity contribution in [3.8, 4) is 0 Å². The van der Waals surface area contributed by atoms with E-state index in [4.69, 9.17) is 0 Å². The zero-order valence-electron chi connectivity index (χ0n) is 10.5. The minimum Gasteiger partial charge on any atom is -0.392 e. The van der Waals surface area contributed by atoms with Crippen molar-refractivity contribution in [2.24, 2.45) is 5.92 Å². The molecular weight excluding hydrogens is 242 g/mol. The average Bonchev–Trinajstić information content (AvgIpc) is 2.27. The van der Waals surface area contributed by atoms with Gasteiger partial charge >= 0.3 is 0 Å². The van der Waals surface area contributed by atoms with Gasteiger partial charge in [0, 0.05) is 32.7 Å². The summed E-state index contributed by atoms with van der Waals surface area (Å²) in [6, 6.07) is 0. The van der Waals surface area contributed by atoms with Crippen molar-refractivity contribution in [2.45, 2.75) is 26.4 Å². The number of aliphatic hydroxyl groups excluding tert-OH is 1. The van der Waals surface area contributed by atoms with Crippen molar-refractivity contribution in [1.29, 1.82) is 0 Å². The summed E-state index contributed by atoms with van der Waals surface area (Å²) in [5, 5.41) is 12.7. The van der Waals surface area contributed by atoms with Crippen molar-refractivity contribution in [3.05, 3.63) is 0 Å². The fourth-order valence-electron chi connectivity index (χ4n) is 1.80. The molecule has 0 spiro atoms. The molecule has 0 amide bonds. The lowest BCUT2D eigenvalue weighted by atomic mass is 10.1. The maximum atomic E-state index is 11.9. The fraction of sp³-hybridized carbons (Fsp3) is 1.00. The number of piperazine rings is 1. The molecule has 102 valence electrons. The molecule has 1 heterocycles. The third kappa shape index (κ3) is 5.31. The number of hydrogen-bond donors (Lipinski definition) is 3. The molecule has 1 fully saturated rings. The van der Waals surface area contributed by atoms with Gasteiger partial charge in [-0.15, -0.1) is 0 Å². The molecule has 0 radical (unpaired) electrons. The summed E-state index contributed by atoms with van der Waals surface area (Å²) in [6.07, 6.45) is -0.0166. The van der Waals surface area contributed by atoms with Crippen LogP contribution in [0.1, 0.15) is 20.3 Å². The van der Waals surface area contributed by atoms with Gasteiger partial charge in [0.25, 0.3) is 10.2 Å². The van der Waals surface area contributed by atoms with Crippen LogP contribution in [0.4, 0.5) is 0 Å². The first-order chi connectivity index (χ1) is 7.92. The highest BCUT2D eigenvalue weighted by atomic mass is 32.2. The van der Waals surface area contributed by atoms with Crippen LogP contribution >= 0.6 is 0 Å². The minimum atomic E-state index is -3.43. The Bertz CT molecular complexity index is 313. The Hall–Kier alpha value is -0.210. The molecule has 0 bridgehead atoms. The van der Waals surface area contributed by atoms with Crippen LogP contribution in [0.15, 0.2) is 0 Å². The monoisotopic (exact) mass is 265 g/mol. The molecule has 6 nitrogen and oxygen atoms in total. The third-order valence-corrected chi connectivity index (χ3v) is 4.24. The number of aliphatic hydroxyl groups is 1. The molecule has 1 rings (SSSR count). The van der Waals surface area contributed by atoms with Gasteiger partial charge in [-0.3, -0.25) is 0 Å². The van der Waals surface area contributed by atoms with Crippen molar-refractivity contribution in [1.82, 2.24) is 14.3 Å². The van der Waals surface area contributed by atoms with Gasteiger partial charge in [-0.1, -0.05) is 13.8 Å². The quantitative estimate of drug-likeness (QED) is 0.583. The first-order valence-corrected chi connectivity index (χ1v) is 7.49. The predicted molar refractivity (Wildman–Crippen MR) is 66.8 cm³/mol. The molecule has 1 atom stereocenters. The fourth-order valence-corrected chi connectivity index (χ4v) is 3.05. The van der Waals surface area contributed by atoms with Crippen molar-refractivity contribution in [2.75, 3.05) is 32.7 Å². The Morgan fingerprint density at radius 3 is 2.47 bits per heavy atom. The first-order valence-electron chi connectivity index (χ1n) is 6.05. The van der Waals surface area contributed by atoms with Crippen molar-refractivity contribution >= 4 is 10.2 Å². The van der Waals surface area contributed by atoms with Crippen LogP contribution in [0.2, 0.25) is 0 Å². The molecule has 0 aliphatic carbocycles. The van der Waals surface area contributed by atoms with E-state index >= 15 is 0 Å². The molecule has 7 heteroatoms. The molecule has 1 aliphatic heterocycles. The van der Waals surface area contributed by atoms with E-state index in [1.165, 1.54) is 4.31 Å². The molecule has 1 aliphatic rings. The lowest BCUT2D eigenvalue weighted by Crippen LogP contribution is -2.51. The van der Waals surface area contributed by atoms with Crippen LogP contribution in [0.5, 0.6) is 0 Å². The van der Waals surface area contributed by atoms with E-state index in [2.05, 4.69) is 10.0 Å². The number of nitrogens with one attached hydrogen (secondary N) is 2. The maximum absolute atomic E-state index is 11.9. The average molecular weight is 265 g/mol. The van der Waals surface area contributed by atoms with Gasteiger partial charge in [-0.2, -0.15) is 17.4 Å². The summed E-state index contributed by atoms with van der Waals surface area (Å²) in [4.78, 5) is 0. The summed E-state index contributed by atoms with van der Waals surface area (Å²) >= 11 is 0. The summed E-state index contributed by atoms with van der Waals surface area (Å²) in [6.45, 7) is 6.39. The van der Waals surface area contributed by atoms with Gasteiger partial charge in [0.05, 0.1) is 6.10 Å². The second-order valence-corrected chi connectivity index (χ2v) is 6.54. The van der Waals surface area contributed by atoms with Gasteiger partial charge < -0.3 is 10.4 Å². The smallest absolute Gasteiger partial charge is 0.279 e. The molecule has 0 aromatic heterocycles. The second-order valence-electron chi connectivity index (χ2n) is 4.79.